The van der Waals surface area contributed by atoms with Gasteiger partial charge in [0.15, 0.2) is 0 Å². The number of rotatable bonds is 0. The van der Waals surface area contributed by atoms with E-state index in [0.29, 0.717) is 0 Å². The van der Waals surface area contributed by atoms with Crippen molar-refractivity contribution in [3.05, 3.63) is 24.3 Å². The molecular formula is C7H5FS2. The minimum absolute atomic E-state index is 0.794. The van der Waals surface area contributed by atoms with Crippen LogP contribution in [0.4, 0.5) is 4.39 Å². The van der Waals surface area contributed by atoms with Gasteiger partial charge in [0.05, 0.1) is 0 Å². The highest BCUT2D eigenvalue weighted by molar-refractivity contribution is 8.19. The first kappa shape index (κ1) is 6.55. The van der Waals surface area contributed by atoms with Gasteiger partial charge in [-0.15, -0.1) is 0 Å². The summed E-state index contributed by atoms with van der Waals surface area (Å²) < 4.78 is 12.6. The van der Waals surface area contributed by atoms with Crippen molar-refractivity contribution >= 4 is 23.5 Å². The second-order valence-corrected chi connectivity index (χ2v) is 4.43. The number of halogens is 1. The van der Waals surface area contributed by atoms with Crippen molar-refractivity contribution < 1.29 is 4.39 Å². The lowest BCUT2D eigenvalue weighted by Gasteiger charge is -1.90. The Morgan fingerprint density at radius 3 is 2.10 bits per heavy atom. The minimum Gasteiger partial charge on any atom is -0.223 e. The van der Waals surface area contributed by atoms with Gasteiger partial charge in [0, 0.05) is 9.79 Å². The Labute approximate surface area is 67.2 Å². The van der Waals surface area contributed by atoms with Crippen LogP contribution in [-0.4, -0.2) is 4.84 Å². The molecule has 0 amide bonds. The molecule has 10 heavy (non-hydrogen) atoms. The summed E-state index contributed by atoms with van der Waals surface area (Å²) in [5, 5.41) is 0. The van der Waals surface area contributed by atoms with E-state index in [4.69, 9.17) is 0 Å². The molecule has 0 saturated heterocycles. The molecule has 0 bridgehead atoms. The monoisotopic (exact) mass is 172 g/mol. The Balaban J connectivity index is 2.42. The van der Waals surface area contributed by atoms with Crippen molar-refractivity contribution in [3.63, 3.8) is 0 Å². The SMILES string of the molecule is FC1Sc2ccccc2S1. The van der Waals surface area contributed by atoms with Crippen LogP contribution in [0.15, 0.2) is 34.1 Å². The van der Waals surface area contributed by atoms with Gasteiger partial charge in [-0.2, -0.15) is 0 Å². The van der Waals surface area contributed by atoms with Crippen LogP contribution in [0.1, 0.15) is 0 Å². The van der Waals surface area contributed by atoms with Gasteiger partial charge in [0.25, 0.3) is 0 Å². The van der Waals surface area contributed by atoms with E-state index in [0.717, 1.165) is 9.79 Å². The Morgan fingerprint density at radius 2 is 1.60 bits per heavy atom. The molecule has 3 heteroatoms. The molecule has 0 aliphatic carbocycles. The van der Waals surface area contributed by atoms with Crippen LogP contribution < -0.4 is 0 Å². The molecule has 52 valence electrons. The van der Waals surface area contributed by atoms with E-state index in [9.17, 15) is 4.39 Å². The van der Waals surface area contributed by atoms with Crippen molar-refractivity contribution in [1.82, 2.24) is 0 Å². The predicted octanol–water partition coefficient (Wildman–Crippen LogP) is 3.14. The van der Waals surface area contributed by atoms with E-state index in [1.54, 1.807) is 0 Å². The molecule has 0 N–H and O–H groups in total. The number of alkyl halides is 1. The van der Waals surface area contributed by atoms with Gasteiger partial charge in [-0.1, -0.05) is 35.7 Å². The molecule has 1 aromatic rings. The number of benzene rings is 1. The summed E-state index contributed by atoms with van der Waals surface area (Å²) in [6, 6.07) is 7.77. The van der Waals surface area contributed by atoms with Crippen molar-refractivity contribution in [3.8, 4) is 0 Å². The van der Waals surface area contributed by atoms with Crippen LogP contribution in [0.2, 0.25) is 0 Å². The molecule has 0 fully saturated rings. The van der Waals surface area contributed by atoms with Gasteiger partial charge in [0.1, 0.15) is 0 Å². The third-order valence-electron chi connectivity index (χ3n) is 1.29. The van der Waals surface area contributed by atoms with Crippen LogP contribution in [0, 0.1) is 0 Å². The molecule has 1 aromatic carbocycles. The fourth-order valence-corrected chi connectivity index (χ4v) is 3.05. The van der Waals surface area contributed by atoms with Gasteiger partial charge in [-0.3, -0.25) is 0 Å². The van der Waals surface area contributed by atoms with Crippen molar-refractivity contribution in [2.75, 3.05) is 0 Å². The topological polar surface area (TPSA) is 0 Å². The van der Waals surface area contributed by atoms with Crippen LogP contribution in [0.5, 0.6) is 0 Å². The number of hydrogen-bond donors (Lipinski definition) is 0. The summed E-state index contributed by atoms with van der Waals surface area (Å²) in [6.45, 7) is 0. The Morgan fingerprint density at radius 1 is 1.10 bits per heavy atom. The smallest absolute Gasteiger partial charge is 0.200 e. The molecule has 1 aliphatic rings. The average molecular weight is 172 g/mol. The number of thioether (sulfide) groups is 2. The van der Waals surface area contributed by atoms with E-state index < -0.39 is 4.84 Å². The third kappa shape index (κ3) is 1.04. The molecule has 0 aromatic heterocycles. The zero-order valence-corrected chi connectivity index (χ0v) is 6.71. The lowest BCUT2D eigenvalue weighted by Crippen LogP contribution is -1.71. The van der Waals surface area contributed by atoms with Crippen LogP contribution >= 0.6 is 23.5 Å². The molecule has 0 unspecified atom stereocenters. The van der Waals surface area contributed by atoms with Crippen molar-refractivity contribution in [2.45, 2.75) is 14.6 Å². The maximum atomic E-state index is 12.6. The van der Waals surface area contributed by atoms with Gasteiger partial charge in [-0.25, -0.2) is 4.39 Å². The predicted molar refractivity (Wildman–Crippen MR) is 43.1 cm³/mol. The molecule has 1 heterocycles. The summed E-state index contributed by atoms with van der Waals surface area (Å²) >= 11 is 2.57. The minimum atomic E-state index is -0.794. The van der Waals surface area contributed by atoms with E-state index in [1.807, 2.05) is 24.3 Å². The highest BCUT2D eigenvalue weighted by atomic mass is 32.2. The third-order valence-corrected chi connectivity index (χ3v) is 3.59. The molecule has 1 aliphatic heterocycles. The summed E-state index contributed by atoms with van der Waals surface area (Å²) in [5.41, 5.74) is 0. The molecule has 0 nitrogen and oxygen atoms in total. The summed E-state index contributed by atoms with van der Waals surface area (Å²) in [5.74, 6) is 0. The molecule has 0 spiro atoms. The van der Waals surface area contributed by atoms with E-state index >= 15 is 0 Å². The average Bonchev–Trinajstić information content (AvgIpc) is 2.27. The highest BCUT2D eigenvalue weighted by Gasteiger charge is 2.20. The summed E-state index contributed by atoms with van der Waals surface area (Å²) in [6.07, 6.45) is 0. The van der Waals surface area contributed by atoms with Crippen molar-refractivity contribution in [1.29, 1.82) is 0 Å². The molecule has 2 rings (SSSR count). The Hall–Kier alpha value is -0.150. The maximum Gasteiger partial charge on any atom is 0.200 e. The first-order valence-electron chi connectivity index (χ1n) is 2.93. The normalized spacial score (nSPS) is 17.3. The largest absolute Gasteiger partial charge is 0.223 e. The van der Waals surface area contributed by atoms with E-state index in [1.165, 1.54) is 23.5 Å². The van der Waals surface area contributed by atoms with Gasteiger partial charge >= 0.3 is 0 Å². The highest BCUT2D eigenvalue weighted by Crippen LogP contribution is 2.47. The van der Waals surface area contributed by atoms with E-state index in [2.05, 4.69) is 0 Å². The fraction of sp³-hybridized carbons (Fsp3) is 0.143. The number of fused-ring (bicyclic) bond motifs is 1. The molecule has 0 atom stereocenters. The second kappa shape index (κ2) is 2.47. The Kier molecular flexibility index (Phi) is 1.62. The zero-order valence-electron chi connectivity index (χ0n) is 5.08. The summed E-state index contributed by atoms with van der Waals surface area (Å²) in [7, 11) is 0. The standard InChI is InChI=1S/C7H5FS2/c8-7-9-5-3-1-2-4-6(5)10-7/h1-4,7H. The Bertz CT molecular complexity index is 224. The fourth-order valence-electron chi connectivity index (χ4n) is 0.869. The quantitative estimate of drug-likeness (QED) is 0.589. The molecule has 0 saturated carbocycles. The lowest BCUT2D eigenvalue weighted by molar-refractivity contribution is 0.571. The summed E-state index contributed by atoms with van der Waals surface area (Å²) in [4.78, 5) is 1.34. The van der Waals surface area contributed by atoms with Crippen LogP contribution in [-0.2, 0) is 0 Å². The first-order chi connectivity index (χ1) is 4.86. The zero-order chi connectivity index (χ0) is 6.97. The second-order valence-electron chi connectivity index (χ2n) is 1.96. The van der Waals surface area contributed by atoms with Gasteiger partial charge < -0.3 is 0 Å². The van der Waals surface area contributed by atoms with Crippen molar-refractivity contribution in [2.24, 2.45) is 0 Å². The molecule has 0 radical (unpaired) electrons. The van der Waals surface area contributed by atoms with E-state index in [-0.39, 0.29) is 0 Å². The number of hydrogen-bond acceptors (Lipinski definition) is 2. The van der Waals surface area contributed by atoms with Gasteiger partial charge in [0.2, 0.25) is 4.84 Å². The lowest BCUT2D eigenvalue weighted by atomic mass is 10.4. The van der Waals surface area contributed by atoms with Crippen LogP contribution in [0.3, 0.4) is 0 Å². The van der Waals surface area contributed by atoms with Gasteiger partial charge in [-0.05, 0) is 12.1 Å². The van der Waals surface area contributed by atoms with Crippen LogP contribution in [0.25, 0.3) is 0 Å². The molecular weight excluding hydrogens is 167 g/mol. The maximum absolute atomic E-state index is 12.6. The first-order valence-corrected chi connectivity index (χ1v) is 4.68.